The van der Waals surface area contributed by atoms with E-state index in [1.807, 2.05) is 35.9 Å². The summed E-state index contributed by atoms with van der Waals surface area (Å²) in [5, 5.41) is 4.28. The van der Waals surface area contributed by atoms with Crippen molar-refractivity contribution in [1.82, 2.24) is 14.3 Å². The number of carbonyl (C=O) groups excluding carboxylic acids is 2. The first-order valence-electron chi connectivity index (χ1n) is 10.3. The molecule has 1 saturated heterocycles. The van der Waals surface area contributed by atoms with Crippen LogP contribution < -0.4 is 10.2 Å². The van der Waals surface area contributed by atoms with Gasteiger partial charge in [0.05, 0.1) is 15.1 Å². The van der Waals surface area contributed by atoms with Crippen LogP contribution >= 0.6 is 11.3 Å². The number of aryl methyl sites for hydroxylation is 1. The molecule has 1 aliphatic heterocycles. The highest BCUT2D eigenvalue weighted by Crippen LogP contribution is 2.24. The number of fused-ring (bicyclic) bond motifs is 1. The quantitative estimate of drug-likeness (QED) is 0.455. The van der Waals surface area contributed by atoms with Crippen LogP contribution in [0.4, 0.5) is 0 Å². The summed E-state index contributed by atoms with van der Waals surface area (Å²) in [4.78, 5) is 25.0. The van der Waals surface area contributed by atoms with E-state index in [9.17, 15) is 18.0 Å². The number of carbonyl (C=O) groups is 2. The number of rotatable bonds is 5. The Morgan fingerprint density at radius 2 is 1.81 bits per heavy atom. The zero-order valence-corrected chi connectivity index (χ0v) is 19.4. The third-order valence-electron chi connectivity index (χ3n) is 5.68. The van der Waals surface area contributed by atoms with Crippen molar-refractivity contribution in [3.05, 3.63) is 58.9 Å². The molecule has 0 atom stereocenters. The van der Waals surface area contributed by atoms with Crippen LogP contribution in [-0.2, 0) is 21.9 Å². The maximum absolute atomic E-state index is 13.0. The van der Waals surface area contributed by atoms with Crippen LogP contribution in [0.25, 0.3) is 10.2 Å². The first kappa shape index (κ1) is 22.4. The summed E-state index contributed by atoms with van der Waals surface area (Å²) in [7, 11) is -1.82. The lowest BCUT2D eigenvalue weighted by molar-refractivity contribution is -0.126. The number of sulfonamides is 1. The molecule has 2 heterocycles. The number of amides is 1. The number of hydrogen-bond donors (Lipinski definition) is 1. The molecule has 0 spiro atoms. The molecule has 0 saturated carbocycles. The minimum absolute atomic E-state index is 0.0976. The van der Waals surface area contributed by atoms with Gasteiger partial charge in [0.25, 0.3) is 0 Å². The van der Waals surface area contributed by atoms with Crippen molar-refractivity contribution in [3.63, 3.8) is 0 Å². The summed E-state index contributed by atoms with van der Waals surface area (Å²) >= 11 is 1.49. The summed E-state index contributed by atoms with van der Waals surface area (Å²) in [6.45, 7) is 1.88. The Balaban J connectivity index is 1.42. The third-order valence-corrected chi connectivity index (χ3v) is 8.69. The number of thiazole rings is 1. The average Bonchev–Trinajstić information content (AvgIpc) is 3.13. The van der Waals surface area contributed by atoms with Crippen molar-refractivity contribution >= 4 is 43.3 Å². The fourth-order valence-corrected chi connectivity index (χ4v) is 6.26. The van der Waals surface area contributed by atoms with Gasteiger partial charge in [-0.1, -0.05) is 35.6 Å². The summed E-state index contributed by atoms with van der Waals surface area (Å²) in [6.07, 6.45) is 0.817. The molecule has 3 aromatic rings. The highest BCUT2D eigenvalue weighted by atomic mass is 32.2. The Kier molecular flexibility index (Phi) is 6.27. The number of aromatic nitrogens is 1. The molecule has 32 heavy (non-hydrogen) atoms. The summed E-state index contributed by atoms with van der Waals surface area (Å²) in [5.41, 5.74) is 4.04. The van der Waals surface area contributed by atoms with E-state index in [-0.39, 0.29) is 35.6 Å². The van der Waals surface area contributed by atoms with Crippen molar-refractivity contribution in [3.8, 4) is 0 Å². The largest absolute Gasteiger partial charge is 0.318 e. The summed E-state index contributed by atoms with van der Waals surface area (Å²) in [5.74, 6) is -0.709. The van der Waals surface area contributed by atoms with Gasteiger partial charge in [0.2, 0.25) is 20.7 Å². The predicted octanol–water partition coefficient (Wildman–Crippen LogP) is 2.48. The molecule has 1 fully saturated rings. The predicted molar refractivity (Wildman–Crippen MR) is 122 cm³/mol. The van der Waals surface area contributed by atoms with E-state index in [1.165, 1.54) is 34.7 Å². The molecular weight excluding hydrogens is 448 g/mol. The second-order valence-electron chi connectivity index (χ2n) is 7.76. The SMILES string of the molecule is CC(=O)c1cccc(S(=O)(=O)N2CCC(C(=O)N/N=c3\sc4ccccc4n3C)CC2)c1. The molecule has 8 nitrogen and oxygen atoms in total. The van der Waals surface area contributed by atoms with E-state index in [0.717, 1.165) is 10.2 Å². The normalized spacial score (nSPS) is 16.4. The van der Waals surface area contributed by atoms with Gasteiger partial charge in [-0.05, 0) is 44.0 Å². The maximum Gasteiger partial charge on any atom is 0.243 e. The number of hydrogen-bond acceptors (Lipinski definition) is 6. The Bertz CT molecular complexity index is 1350. The molecule has 1 aromatic heterocycles. The molecular formula is C22H24N4O4S2. The monoisotopic (exact) mass is 472 g/mol. The van der Waals surface area contributed by atoms with E-state index < -0.39 is 10.0 Å². The number of piperidine rings is 1. The van der Waals surface area contributed by atoms with Gasteiger partial charge in [-0.15, -0.1) is 5.10 Å². The van der Waals surface area contributed by atoms with E-state index in [2.05, 4.69) is 10.5 Å². The molecule has 10 heteroatoms. The van der Waals surface area contributed by atoms with Crippen LogP contribution in [-0.4, -0.2) is 42.1 Å². The van der Waals surface area contributed by atoms with Gasteiger partial charge in [0.1, 0.15) is 0 Å². The van der Waals surface area contributed by atoms with Crippen LogP contribution in [0.5, 0.6) is 0 Å². The molecule has 1 N–H and O–H groups in total. The summed E-state index contributed by atoms with van der Waals surface area (Å²) < 4.78 is 30.3. The molecule has 0 aliphatic carbocycles. The Morgan fingerprint density at radius 3 is 2.50 bits per heavy atom. The molecule has 0 bridgehead atoms. The van der Waals surface area contributed by atoms with Gasteiger partial charge in [0.15, 0.2) is 5.78 Å². The van der Waals surface area contributed by atoms with Gasteiger partial charge < -0.3 is 4.57 Å². The number of benzene rings is 2. The van der Waals surface area contributed by atoms with Gasteiger partial charge in [-0.2, -0.15) is 4.31 Å². The van der Waals surface area contributed by atoms with Crippen LogP contribution in [0.1, 0.15) is 30.1 Å². The molecule has 0 unspecified atom stereocenters. The minimum Gasteiger partial charge on any atom is -0.318 e. The van der Waals surface area contributed by atoms with E-state index in [0.29, 0.717) is 23.2 Å². The second kappa shape index (κ2) is 8.97. The zero-order chi connectivity index (χ0) is 22.9. The van der Waals surface area contributed by atoms with Crippen LogP contribution in [0, 0.1) is 5.92 Å². The number of nitrogens with one attached hydrogen (secondary N) is 1. The number of para-hydroxylation sites is 1. The van der Waals surface area contributed by atoms with Gasteiger partial charge >= 0.3 is 0 Å². The molecule has 0 radical (unpaired) electrons. The fourth-order valence-electron chi connectivity index (χ4n) is 3.77. The molecule has 168 valence electrons. The summed E-state index contributed by atoms with van der Waals surface area (Å²) in [6, 6.07) is 14.0. The lowest BCUT2D eigenvalue weighted by Crippen LogP contribution is -2.42. The fraction of sp³-hybridized carbons (Fsp3) is 0.318. The van der Waals surface area contributed by atoms with Gasteiger partial charge in [0, 0.05) is 31.6 Å². The van der Waals surface area contributed by atoms with E-state index >= 15 is 0 Å². The lowest BCUT2D eigenvalue weighted by Gasteiger charge is -2.30. The second-order valence-corrected chi connectivity index (χ2v) is 10.7. The topological polar surface area (TPSA) is 101 Å². The molecule has 4 rings (SSSR count). The van der Waals surface area contributed by atoms with Crippen LogP contribution in [0.15, 0.2) is 58.5 Å². The van der Waals surface area contributed by atoms with Crippen molar-refractivity contribution in [2.75, 3.05) is 13.1 Å². The standard InChI is InChI=1S/C22H24N4O4S2/c1-15(27)17-6-5-7-18(14-17)32(29,30)26-12-10-16(11-13-26)21(28)23-24-22-25(2)19-8-3-4-9-20(19)31-22/h3-9,14,16H,10-13H2,1-2H3,(H,23,28)/b24-22-. The van der Waals surface area contributed by atoms with Gasteiger partial charge in [-0.25, -0.2) is 13.8 Å². The number of Topliss-reactive ketones (excluding diaryl/α,β-unsaturated/α-hetero) is 1. The van der Waals surface area contributed by atoms with Crippen molar-refractivity contribution < 1.29 is 18.0 Å². The lowest BCUT2D eigenvalue weighted by atomic mass is 9.98. The van der Waals surface area contributed by atoms with E-state index in [1.54, 1.807) is 12.1 Å². The number of ketones is 1. The molecule has 1 amide bonds. The Labute approximate surface area is 190 Å². The molecule has 2 aromatic carbocycles. The zero-order valence-electron chi connectivity index (χ0n) is 17.8. The van der Waals surface area contributed by atoms with Crippen molar-refractivity contribution in [2.24, 2.45) is 18.1 Å². The number of nitrogens with zero attached hydrogens (tertiary/aromatic N) is 3. The van der Waals surface area contributed by atoms with Gasteiger partial charge in [-0.3, -0.25) is 9.59 Å². The minimum atomic E-state index is -3.72. The van der Waals surface area contributed by atoms with Crippen LogP contribution in [0.2, 0.25) is 0 Å². The first-order chi connectivity index (χ1) is 15.3. The highest BCUT2D eigenvalue weighted by molar-refractivity contribution is 7.89. The third kappa shape index (κ3) is 4.38. The van der Waals surface area contributed by atoms with Crippen molar-refractivity contribution in [1.29, 1.82) is 0 Å². The molecule has 1 aliphatic rings. The smallest absolute Gasteiger partial charge is 0.243 e. The highest BCUT2D eigenvalue weighted by Gasteiger charge is 2.32. The maximum atomic E-state index is 13.0. The van der Waals surface area contributed by atoms with Crippen LogP contribution in [0.3, 0.4) is 0 Å². The average molecular weight is 473 g/mol. The van der Waals surface area contributed by atoms with E-state index in [4.69, 9.17) is 0 Å². The first-order valence-corrected chi connectivity index (χ1v) is 12.5. The Hall–Kier alpha value is -2.82. The van der Waals surface area contributed by atoms with Crippen molar-refractivity contribution in [2.45, 2.75) is 24.7 Å². The Morgan fingerprint density at radius 1 is 1.09 bits per heavy atom.